The molecule has 0 aromatic heterocycles. The maximum absolute atomic E-state index is 11.2. The Balaban J connectivity index is 3.64. The van der Waals surface area contributed by atoms with Crippen molar-refractivity contribution < 1.29 is 13.2 Å². The van der Waals surface area contributed by atoms with Gasteiger partial charge in [-0.15, -0.1) is 0 Å². The normalized spacial score (nSPS) is 12.3. The Morgan fingerprint density at radius 3 is 2.54 bits per heavy atom. The third-order valence-electron chi connectivity index (χ3n) is 1.22. The molecule has 0 spiro atoms. The molecule has 4 nitrogen and oxygen atoms in total. The van der Waals surface area contributed by atoms with Crippen LogP contribution in [0.5, 0.6) is 0 Å². The topological polar surface area (TPSA) is 55.4 Å². The van der Waals surface area contributed by atoms with Crippen molar-refractivity contribution in [2.75, 3.05) is 24.2 Å². The second-order valence-corrected chi connectivity index (χ2v) is 5.54. The molecule has 0 fully saturated rings. The fraction of sp³-hybridized carbons (Fsp3) is 1.00. The van der Waals surface area contributed by atoms with Gasteiger partial charge in [-0.1, -0.05) is 15.9 Å². The molecule has 0 bridgehead atoms. The lowest BCUT2D eigenvalue weighted by Crippen LogP contribution is -2.30. The highest BCUT2D eigenvalue weighted by Crippen LogP contribution is 1.91. The van der Waals surface area contributed by atoms with Crippen LogP contribution in [0.3, 0.4) is 0 Å². The first kappa shape index (κ1) is 13.4. The van der Waals surface area contributed by atoms with Crippen molar-refractivity contribution in [2.24, 2.45) is 0 Å². The molecule has 0 rings (SSSR count). The summed E-state index contributed by atoms with van der Waals surface area (Å²) in [5.74, 6) is 0.0260. The minimum absolute atomic E-state index is 0.0260. The molecule has 0 atom stereocenters. The highest BCUT2D eigenvalue weighted by molar-refractivity contribution is 9.09. The summed E-state index contributed by atoms with van der Waals surface area (Å²) in [5, 5.41) is 0.622. The van der Waals surface area contributed by atoms with Gasteiger partial charge in [0.2, 0.25) is 10.0 Å². The summed E-state index contributed by atoms with van der Waals surface area (Å²) in [6.45, 7) is 4.41. The third-order valence-corrected chi connectivity index (χ3v) is 2.96. The van der Waals surface area contributed by atoms with Crippen molar-refractivity contribution in [3.05, 3.63) is 0 Å². The van der Waals surface area contributed by atoms with Crippen molar-refractivity contribution in [3.8, 4) is 0 Å². The van der Waals surface area contributed by atoms with Crippen LogP contribution in [0.1, 0.15) is 13.8 Å². The van der Waals surface area contributed by atoms with Gasteiger partial charge in [0.15, 0.2) is 0 Å². The number of alkyl halides is 1. The van der Waals surface area contributed by atoms with E-state index in [0.717, 1.165) is 0 Å². The molecule has 0 saturated heterocycles. The van der Waals surface area contributed by atoms with Crippen LogP contribution in [0.25, 0.3) is 0 Å². The number of rotatable bonds is 7. The average Bonchev–Trinajstić information content (AvgIpc) is 2.00. The summed E-state index contributed by atoms with van der Waals surface area (Å²) in [6.07, 6.45) is 0.0753. The van der Waals surface area contributed by atoms with Crippen LogP contribution >= 0.6 is 15.9 Å². The Bertz CT molecular complexity index is 216. The fourth-order valence-electron chi connectivity index (χ4n) is 0.660. The lowest BCUT2D eigenvalue weighted by Gasteiger charge is -2.08. The summed E-state index contributed by atoms with van der Waals surface area (Å²) in [5.41, 5.74) is 0. The molecule has 0 aliphatic heterocycles. The predicted molar refractivity (Wildman–Crippen MR) is 56.7 cm³/mol. The summed E-state index contributed by atoms with van der Waals surface area (Å²) in [4.78, 5) is 0. The first-order valence-corrected chi connectivity index (χ1v) is 6.90. The second kappa shape index (κ2) is 6.75. The first-order valence-electron chi connectivity index (χ1n) is 4.13. The SMILES string of the molecule is CC(C)OCCS(=O)(=O)NCCBr. The minimum atomic E-state index is -3.14. The van der Waals surface area contributed by atoms with E-state index in [0.29, 0.717) is 11.9 Å². The Morgan fingerprint density at radius 1 is 1.46 bits per heavy atom. The van der Waals surface area contributed by atoms with Crippen molar-refractivity contribution in [3.63, 3.8) is 0 Å². The van der Waals surface area contributed by atoms with Crippen LogP contribution < -0.4 is 4.72 Å². The number of nitrogens with one attached hydrogen (secondary N) is 1. The third kappa shape index (κ3) is 8.67. The van der Waals surface area contributed by atoms with Gasteiger partial charge in [-0.05, 0) is 13.8 Å². The molecule has 0 amide bonds. The predicted octanol–water partition coefficient (Wildman–Crippen LogP) is 0.726. The molecule has 6 heteroatoms. The molecule has 0 aliphatic rings. The van der Waals surface area contributed by atoms with E-state index in [1.807, 2.05) is 13.8 Å². The Morgan fingerprint density at radius 2 is 2.08 bits per heavy atom. The van der Waals surface area contributed by atoms with E-state index in [9.17, 15) is 8.42 Å². The molecule has 0 aromatic rings. The second-order valence-electron chi connectivity index (χ2n) is 2.82. The van der Waals surface area contributed by atoms with E-state index < -0.39 is 10.0 Å². The zero-order chi connectivity index (χ0) is 10.3. The van der Waals surface area contributed by atoms with Gasteiger partial charge < -0.3 is 4.74 Å². The van der Waals surface area contributed by atoms with Gasteiger partial charge in [0.05, 0.1) is 18.5 Å². The van der Waals surface area contributed by atoms with Crippen LogP contribution in [0.2, 0.25) is 0 Å². The zero-order valence-corrected chi connectivity index (χ0v) is 10.3. The summed E-state index contributed by atoms with van der Waals surface area (Å²) in [7, 11) is -3.14. The van der Waals surface area contributed by atoms with Gasteiger partial charge in [-0.2, -0.15) is 0 Å². The zero-order valence-electron chi connectivity index (χ0n) is 7.92. The average molecular weight is 274 g/mol. The monoisotopic (exact) mass is 273 g/mol. The first-order chi connectivity index (χ1) is 5.98. The quantitative estimate of drug-likeness (QED) is 0.696. The van der Waals surface area contributed by atoms with Crippen LogP contribution in [0.4, 0.5) is 0 Å². The van der Waals surface area contributed by atoms with Crippen molar-refractivity contribution >= 4 is 26.0 Å². The Kier molecular flexibility index (Phi) is 6.93. The molecule has 0 unspecified atom stereocenters. The Hall–Kier alpha value is 0.350. The number of hydrogen-bond donors (Lipinski definition) is 1. The summed E-state index contributed by atoms with van der Waals surface area (Å²) in [6, 6.07) is 0. The summed E-state index contributed by atoms with van der Waals surface area (Å²) < 4.78 is 29.9. The van der Waals surface area contributed by atoms with Gasteiger partial charge in [0, 0.05) is 11.9 Å². The van der Waals surface area contributed by atoms with Crippen LogP contribution in [0, 0.1) is 0 Å². The molecule has 0 heterocycles. The van der Waals surface area contributed by atoms with Crippen molar-refractivity contribution in [1.82, 2.24) is 4.72 Å². The molecule has 0 radical (unpaired) electrons. The number of sulfonamides is 1. The van der Waals surface area contributed by atoms with Crippen molar-refractivity contribution in [1.29, 1.82) is 0 Å². The molecular formula is C7H16BrNO3S. The smallest absolute Gasteiger partial charge is 0.213 e. The molecule has 0 aliphatic carbocycles. The van der Waals surface area contributed by atoms with E-state index in [-0.39, 0.29) is 18.5 Å². The van der Waals surface area contributed by atoms with Crippen molar-refractivity contribution in [2.45, 2.75) is 20.0 Å². The maximum Gasteiger partial charge on any atom is 0.213 e. The molecule has 1 N–H and O–H groups in total. The maximum atomic E-state index is 11.2. The molecule has 80 valence electrons. The number of halogens is 1. The molecule has 13 heavy (non-hydrogen) atoms. The lowest BCUT2D eigenvalue weighted by molar-refractivity contribution is 0.0911. The van der Waals surface area contributed by atoms with E-state index >= 15 is 0 Å². The van der Waals surface area contributed by atoms with Crippen LogP contribution in [0.15, 0.2) is 0 Å². The molecular weight excluding hydrogens is 258 g/mol. The number of ether oxygens (including phenoxy) is 1. The highest BCUT2D eigenvalue weighted by Gasteiger charge is 2.08. The van der Waals surface area contributed by atoms with E-state index in [2.05, 4.69) is 20.7 Å². The molecule has 0 saturated carbocycles. The van der Waals surface area contributed by atoms with Gasteiger partial charge in [0.25, 0.3) is 0 Å². The highest BCUT2D eigenvalue weighted by atomic mass is 79.9. The van der Waals surface area contributed by atoms with Gasteiger partial charge >= 0.3 is 0 Å². The molecule has 0 aromatic carbocycles. The van der Waals surface area contributed by atoms with E-state index in [1.54, 1.807) is 0 Å². The van der Waals surface area contributed by atoms with Gasteiger partial charge in [0.1, 0.15) is 0 Å². The van der Waals surface area contributed by atoms with E-state index in [4.69, 9.17) is 4.74 Å². The van der Waals surface area contributed by atoms with Gasteiger partial charge in [-0.3, -0.25) is 0 Å². The fourth-order valence-corrected chi connectivity index (χ4v) is 1.99. The van der Waals surface area contributed by atoms with E-state index in [1.165, 1.54) is 0 Å². The minimum Gasteiger partial charge on any atom is -0.378 e. The lowest BCUT2D eigenvalue weighted by atomic mass is 10.5. The standard InChI is InChI=1S/C7H16BrNO3S/c1-7(2)12-5-6-13(10,11)9-4-3-8/h7,9H,3-6H2,1-2H3. The number of hydrogen-bond acceptors (Lipinski definition) is 3. The van der Waals surface area contributed by atoms with Crippen LogP contribution in [-0.2, 0) is 14.8 Å². The largest absolute Gasteiger partial charge is 0.378 e. The summed E-state index contributed by atoms with van der Waals surface area (Å²) >= 11 is 3.14. The Labute approximate surface area is 88.2 Å². The van der Waals surface area contributed by atoms with Crippen LogP contribution in [-0.4, -0.2) is 38.8 Å². The van der Waals surface area contributed by atoms with Gasteiger partial charge in [-0.25, -0.2) is 13.1 Å².